The summed E-state index contributed by atoms with van der Waals surface area (Å²) in [6.07, 6.45) is 1.82. The SMILES string of the molecule is [C-]#[N+]c1ccc2c(C(C#C)(OCOC)C(F)(F)F)cn(Cc3ccccc3)c2c1. The molecule has 0 amide bonds. The fourth-order valence-electron chi connectivity index (χ4n) is 3.20. The Bertz CT molecular complexity index is 1090. The van der Waals surface area contributed by atoms with Crippen molar-refractivity contribution in [1.82, 2.24) is 4.57 Å². The van der Waals surface area contributed by atoms with Crippen LogP contribution < -0.4 is 0 Å². The first kappa shape index (κ1) is 20.5. The van der Waals surface area contributed by atoms with Crippen molar-refractivity contribution in [2.75, 3.05) is 13.9 Å². The van der Waals surface area contributed by atoms with E-state index in [0.717, 1.165) is 5.56 Å². The maximum atomic E-state index is 14.1. The van der Waals surface area contributed by atoms with Crippen LogP contribution in [0, 0.1) is 18.9 Å². The highest BCUT2D eigenvalue weighted by molar-refractivity contribution is 5.88. The molecule has 3 rings (SSSR count). The third-order valence-corrected chi connectivity index (χ3v) is 4.57. The molecule has 2 aromatic carbocycles. The Morgan fingerprint density at radius 3 is 2.48 bits per heavy atom. The smallest absolute Gasteiger partial charge is 0.359 e. The average molecular weight is 398 g/mol. The minimum absolute atomic E-state index is 0.216. The van der Waals surface area contributed by atoms with Crippen LogP contribution in [0.5, 0.6) is 0 Å². The van der Waals surface area contributed by atoms with Crippen molar-refractivity contribution in [1.29, 1.82) is 0 Å². The zero-order valence-corrected chi connectivity index (χ0v) is 15.5. The topological polar surface area (TPSA) is 27.8 Å². The minimum atomic E-state index is -4.88. The van der Waals surface area contributed by atoms with Crippen molar-refractivity contribution in [3.63, 3.8) is 0 Å². The van der Waals surface area contributed by atoms with Crippen LogP contribution in [0.15, 0.2) is 54.7 Å². The van der Waals surface area contributed by atoms with E-state index in [9.17, 15) is 13.2 Å². The van der Waals surface area contributed by atoms with Crippen LogP contribution >= 0.6 is 0 Å². The van der Waals surface area contributed by atoms with Crippen LogP contribution in [0.25, 0.3) is 15.7 Å². The molecule has 1 heterocycles. The lowest BCUT2D eigenvalue weighted by Crippen LogP contribution is -2.44. The van der Waals surface area contributed by atoms with Gasteiger partial charge in [0.1, 0.15) is 6.79 Å². The summed E-state index contributed by atoms with van der Waals surface area (Å²) >= 11 is 0. The summed E-state index contributed by atoms with van der Waals surface area (Å²) in [6, 6.07) is 13.7. The van der Waals surface area contributed by atoms with Crippen molar-refractivity contribution in [3.05, 3.63) is 77.3 Å². The number of hydrogen-bond donors (Lipinski definition) is 0. The lowest BCUT2D eigenvalue weighted by Gasteiger charge is -2.30. The van der Waals surface area contributed by atoms with Gasteiger partial charge in [-0.25, -0.2) is 4.85 Å². The van der Waals surface area contributed by atoms with E-state index in [2.05, 4.69) is 4.85 Å². The number of fused-ring (bicyclic) bond motifs is 1. The van der Waals surface area contributed by atoms with Gasteiger partial charge in [-0.05, 0) is 11.6 Å². The summed E-state index contributed by atoms with van der Waals surface area (Å²) in [4.78, 5) is 3.38. The molecule has 1 aromatic heterocycles. The lowest BCUT2D eigenvalue weighted by atomic mass is 9.93. The molecule has 4 nitrogen and oxygen atoms in total. The number of benzene rings is 2. The highest BCUT2D eigenvalue weighted by atomic mass is 19.4. The Labute approximate surface area is 166 Å². The number of nitrogens with zero attached hydrogens (tertiary/aromatic N) is 2. The Balaban J connectivity index is 2.27. The van der Waals surface area contributed by atoms with E-state index in [1.165, 1.54) is 25.4 Å². The predicted octanol–water partition coefficient (Wildman–Crippen LogP) is 5.25. The maximum Gasteiger partial charge on any atom is 0.433 e. The Kier molecular flexibility index (Phi) is 5.65. The molecule has 1 unspecified atom stereocenters. The summed E-state index contributed by atoms with van der Waals surface area (Å²) in [5.41, 5.74) is -1.54. The molecule has 0 radical (unpaired) electrons. The quantitative estimate of drug-likeness (QED) is 0.322. The minimum Gasteiger partial charge on any atom is -0.359 e. The molecule has 0 spiro atoms. The van der Waals surface area contributed by atoms with E-state index in [0.29, 0.717) is 17.7 Å². The van der Waals surface area contributed by atoms with E-state index in [1.807, 2.05) is 30.3 Å². The van der Waals surface area contributed by atoms with Gasteiger partial charge in [0.15, 0.2) is 5.69 Å². The third-order valence-electron chi connectivity index (χ3n) is 4.57. The molecule has 0 aliphatic heterocycles. The zero-order valence-electron chi connectivity index (χ0n) is 15.5. The molecule has 0 N–H and O–H groups in total. The Morgan fingerprint density at radius 1 is 1.17 bits per heavy atom. The molecular weight excluding hydrogens is 381 g/mol. The monoisotopic (exact) mass is 398 g/mol. The van der Waals surface area contributed by atoms with Gasteiger partial charge < -0.3 is 14.0 Å². The van der Waals surface area contributed by atoms with Crippen LogP contribution in [-0.4, -0.2) is 24.6 Å². The normalized spacial score (nSPS) is 13.6. The van der Waals surface area contributed by atoms with E-state index >= 15 is 0 Å². The number of halogens is 3. The van der Waals surface area contributed by atoms with E-state index in [1.54, 1.807) is 16.6 Å². The second kappa shape index (κ2) is 8.00. The van der Waals surface area contributed by atoms with Crippen molar-refractivity contribution >= 4 is 16.6 Å². The van der Waals surface area contributed by atoms with Gasteiger partial charge in [-0.3, -0.25) is 0 Å². The summed E-state index contributed by atoms with van der Waals surface area (Å²) in [6.45, 7) is 6.91. The number of aromatic nitrogens is 1. The van der Waals surface area contributed by atoms with Crippen molar-refractivity contribution in [3.8, 4) is 12.3 Å². The van der Waals surface area contributed by atoms with Crippen LogP contribution in [0.1, 0.15) is 11.1 Å². The van der Waals surface area contributed by atoms with Gasteiger partial charge in [0.05, 0.1) is 6.57 Å². The molecule has 29 heavy (non-hydrogen) atoms. The summed E-state index contributed by atoms with van der Waals surface area (Å²) in [5.74, 6) is 1.80. The fraction of sp³-hybridized carbons (Fsp3) is 0.227. The molecule has 0 saturated heterocycles. The first-order chi connectivity index (χ1) is 13.9. The van der Waals surface area contributed by atoms with Gasteiger partial charge in [0, 0.05) is 36.3 Å². The number of terminal acetylenes is 1. The molecule has 3 aromatic rings. The number of methoxy groups -OCH3 is 1. The van der Waals surface area contributed by atoms with Gasteiger partial charge in [-0.15, -0.1) is 6.42 Å². The first-order valence-electron chi connectivity index (χ1n) is 8.58. The van der Waals surface area contributed by atoms with Crippen LogP contribution in [0.4, 0.5) is 18.9 Å². The second-order valence-electron chi connectivity index (χ2n) is 6.34. The fourth-order valence-corrected chi connectivity index (χ4v) is 3.20. The highest BCUT2D eigenvalue weighted by Gasteiger charge is 2.58. The molecule has 7 heteroatoms. The van der Waals surface area contributed by atoms with Crippen LogP contribution in [0.3, 0.4) is 0 Å². The third kappa shape index (κ3) is 3.71. The van der Waals surface area contributed by atoms with Crippen LogP contribution in [-0.2, 0) is 21.6 Å². The first-order valence-corrected chi connectivity index (χ1v) is 8.58. The molecule has 1 atom stereocenters. The van der Waals surface area contributed by atoms with Crippen molar-refractivity contribution in [2.24, 2.45) is 0 Å². The van der Waals surface area contributed by atoms with E-state index < -0.39 is 18.6 Å². The summed E-state index contributed by atoms with van der Waals surface area (Å²) in [5, 5.41) is 0.264. The maximum absolute atomic E-state index is 14.1. The lowest BCUT2D eigenvalue weighted by molar-refractivity contribution is -0.277. The molecule has 0 saturated carbocycles. The number of ether oxygens (including phenoxy) is 2. The molecular formula is C22H17F3N2O2. The molecule has 0 aliphatic rings. The molecule has 0 bridgehead atoms. The van der Waals surface area contributed by atoms with Crippen LogP contribution in [0.2, 0.25) is 0 Å². The summed E-state index contributed by atoms with van der Waals surface area (Å²) < 4.78 is 53.7. The Morgan fingerprint density at radius 2 is 1.90 bits per heavy atom. The second-order valence-corrected chi connectivity index (χ2v) is 6.34. The van der Waals surface area contributed by atoms with Gasteiger partial charge in [-0.2, -0.15) is 13.2 Å². The van der Waals surface area contributed by atoms with Gasteiger partial charge in [-0.1, -0.05) is 48.4 Å². The van der Waals surface area contributed by atoms with Crippen molar-refractivity contribution < 1.29 is 22.6 Å². The largest absolute Gasteiger partial charge is 0.433 e. The summed E-state index contributed by atoms with van der Waals surface area (Å²) in [7, 11) is 1.22. The van der Waals surface area contributed by atoms with E-state index in [-0.39, 0.29) is 10.9 Å². The zero-order chi connectivity index (χ0) is 21.1. The molecule has 0 aliphatic carbocycles. The standard InChI is InChI=1S/C22H17F3N2O2/c1-4-21(22(23,24)25,29-15-28-3)19-14-27(13-16-8-6-5-7-9-16)20-12-17(26-2)10-11-18(19)20/h1,5-12,14H,13,15H2,3H3. The molecule has 0 fully saturated rings. The van der Waals surface area contributed by atoms with E-state index in [4.69, 9.17) is 22.5 Å². The average Bonchev–Trinajstić information content (AvgIpc) is 3.06. The number of alkyl halides is 3. The van der Waals surface area contributed by atoms with Gasteiger partial charge in [0.25, 0.3) is 5.60 Å². The van der Waals surface area contributed by atoms with Crippen molar-refractivity contribution in [2.45, 2.75) is 18.3 Å². The molecule has 148 valence electrons. The Hall–Kier alpha value is -3.26. The number of hydrogen-bond acceptors (Lipinski definition) is 2. The van der Waals surface area contributed by atoms with Gasteiger partial charge in [0.2, 0.25) is 0 Å². The number of rotatable bonds is 6. The predicted molar refractivity (Wildman–Crippen MR) is 103 cm³/mol. The highest BCUT2D eigenvalue weighted by Crippen LogP contribution is 2.45. The van der Waals surface area contributed by atoms with Gasteiger partial charge >= 0.3 is 6.18 Å².